The Morgan fingerprint density at radius 2 is 2.00 bits per heavy atom. The van der Waals surface area contributed by atoms with Gasteiger partial charge in [-0.1, -0.05) is 30.3 Å². The van der Waals surface area contributed by atoms with E-state index in [0.717, 1.165) is 17.9 Å². The van der Waals surface area contributed by atoms with Gasteiger partial charge in [-0.2, -0.15) is 11.8 Å². The molecule has 1 aromatic rings. The summed E-state index contributed by atoms with van der Waals surface area (Å²) in [5.74, 6) is 2.11. The molecule has 0 saturated carbocycles. The first-order valence-corrected chi connectivity index (χ1v) is 6.77. The molecule has 0 radical (unpaired) electrons. The van der Waals surface area contributed by atoms with Gasteiger partial charge in [0.05, 0.1) is 6.61 Å². The largest absolute Gasteiger partial charge is 0.394 e. The first-order valence-electron chi connectivity index (χ1n) is 5.61. The predicted octanol–water partition coefficient (Wildman–Crippen LogP) is 2.28. The fourth-order valence-corrected chi connectivity index (χ4v) is 2.51. The van der Waals surface area contributed by atoms with Crippen LogP contribution in [0.2, 0.25) is 0 Å². The fraction of sp³-hybridized carbons (Fsp3) is 0.538. The highest BCUT2D eigenvalue weighted by atomic mass is 32.2. The lowest BCUT2D eigenvalue weighted by Gasteiger charge is -2.26. The van der Waals surface area contributed by atoms with Gasteiger partial charge in [-0.05, 0) is 31.7 Å². The smallest absolute Gasteiger partial charge is 0.0610 e. The van der Waals surface area contributed by atoms with Crippen molar-refractivity contribution in [2.24, 2.45) is 0 Å². The Bertz CT molecular complexity index is 285. The molecule has 0 heterocycles. The van der Waals surface area contributed by atoms with E-state index in [1.807, 2.05) is 24.9 Å². The zero-order valence-corrected chi connectivity index (χ0v) is 10.9. The van der Waals surface area contributed by atoms with Crippen LogP contribution in [0, 0.1) is 0 Å². The van der Waals surface area contributed by atoms with Gasteiger partial charge < -0.3 is 10.4 Å². The van der Waals surface area contributed by atoms with Crippen LogP contribution in [0.4, 0.5) is 0 Å². The third-order valence-electron chi connectivity index (χ3n) is 2.86. The molecule has 0 bridgehead atoms. The maximum atomic E-state index is 9.23. The van der Waals surface area contributed by atoms with Crippen LogP contribution in [0.5, 0.6) is 0 Å². The summed E-state index contributed by atoms with van der Waals surface area (Å²) in [6.45, 7) is 2.24. The van der Waals surface area contributed by atoms with Crippen molar-refractivity contribution < 1.29 is 5.11 Å². The van der Waals surface area contributed by atoms with Crippen molar-refractivity contribution in [1.29, 1.82) is 0 Å². The average molecular weight is 239 g/mol. The normalized spacial score (nSPS) is 14.7. The van der Waals surface area contributed by atoms with Crippen LogP contribution < -0.4 is 5.32 Å². The van der Waals surface area contributed by atoms with Crippen molar-refractivity contribution in [3.05, 3.63) is 35.9 Å². The van der Waals surface area contributed by atoms with Crippen molar-refractivity contribution in [2.75, 3.05) is 19.4 Å². The van der Waals surface area contributed by atoms with Crippen molar-refractivity contribution in [2.45, 2.75) is 24.6 Å². The Balaban J connectivity index is 2.22. The van der Waals surface area contributed by atoms with Crippen LogP contribution in [0.1, 0.15) is 18.9 Å². The van der Waals surface area contributed by atoms with E-state index in [-0.39, 0.29) is 12.1 Å². The van der Waals surface area contributed by atoms with E-state index in [1.165, 1.54) is 5.56 Å². The predicted molar refractivity (Wildman–Crippen MR) is 71.8 cm³/mol. The number of nitrogens with one attached hydrogen (secondary N) is 1. The molecule has 1 atom stereocenters. The molecular weight excluding hydrogens is 218 g/mol. The van der Waals surface area contributed by atoms with Gasteiger partial charge in [0.25, 0.3) is 0 Å². The van der Waals surface area contributed by atoms with Crippen LogP contribution in [0.15, 0.2) is 30.3 Å². The molecule has 0 saturated heterocycles. The van der Waals surface area contributed by atoms with Crippen LogP contribution in [-0.2, 0) is 5.75 Å². The van der Waals surface area contributed by atoms with Gasteiger partial charge in [-0.3, -0.25) is 0 Å². The lowest BCUT2D eigenvalue weighted by molar-refractivity contribution is 0.179. The molecule has 90 valence electrons. The Kier molecular flexibility index (Phi) is 5.88. The monoisotopic (exact) mass is 239 g/mol. The van der Waals surface area contributed by atoms with Crippen LogP contribution in [0.25, 0.3) is 0 Å². The molecule has 0 aliphatic rings. The van der Waals surface area contributed by atoms with E-state index >= 15 is 0 Å². The number of hydrogen-bond donors (Lipinski definition) is 2. The summed E-state index contributed by atoms with van der Waals surface area (Å²) in [6, 6.07) is 10.5. The van der Waals surface area contributed by atoms with Crippen LogP contribution in [0.3, 0.4) is 0 Å². The highest BCUT2D eigenvalue weighted by Gasteiger charge is 2.19. The number of likely N-dealkylation sites (N-methyl/N-ethyl adjacent to an activating group) is 1. The third kappa shape index (κ3) is 4.56. The van der Waals surface area contributed by atoms with Gasteiger partial charge >= 0.3 is 0 Å². The fourth-order valence-electron chi connectivity index (χ4n) is 1.34. The standard InChI is InChI=1S/C13H21NOS/c1-13(11-15,14-2)8-9-16-10-12-6-4-3-5-7-12/h3-7,14-15H,8-11H2,1-2H3. The molecule has 0 spiro atoms. The third-order valence-corrected chi connectivity index (χ3v) is 3.89. The molecule has 0 aliphatic heterocycles. The van der Waals surface area contributed by atoms with Gasteiger partial charge in [-0.15, -0.1) is 0 Å². The van der Waals surface area contributed by atoms with E-state index in [9.17, 15) is 5.11 Å². The second-order valence-electron chi connectivity index (χ2n) is 4.26. The van der Waals surface area contributed by atoms with E-state index in [2.05, 4.69) is 36.5 Å². The van der Waals surface area contributed by atoms with Crippen molar-refractivity contribution in [3.8, 4) is 0 Å². The summed E-state index contributed by atoms with van der Waals surface area (Å²) in [5, 5.41) is 12.4. The van der Waals surface area contributed by atoms with Gasteiger partial charge in [0, 0.05) is 11.3 Å². The minimum atomic E-state index is -0.135. The molecule has 0 fully saturated rings. The Morgan fingerprint density at radius 1 is 1.31 bits per heavy atom. The molecule has 1 unspecified atom stereocenters. The summed E-state index contributed by atoms with van der Waals surface area (Å²) in [7, 11) is 1.90. The maximum absolute atomic E-state index is 9.23. The molecule has 0 aliphatic carbocycles. The summed E-state index contributed by atoms with van der Waals surface area (Å²) in [5.41, 5.74) is 1.23. The summed E-state index contributed by atoms with van der Waals surface area (Å²) in [4.78, 5) is 0. The second kappa shape index (κ2) is 6.94. The number of hydrogen-bond acceptors (Lipinski definition) is 3. The number of thioether (sulfide) groups is 1. The molecule has 0 aromatic heterocycles. The Morgan fingerprint density at radius 3 is 2.56 bits per heavy atom. The average Bonchev–Trinajstić information content (AvgIpc) is 2.36. The van der Waals surface area contributed by atoms with Gasteiger partial charge in [0.2, 0.25) is 0 Å². The first kappa shape index (κ1) is 13.6. The molecule has 0 amide bonds. The quantitative estimate of drug-likeness (QED) is 0.716. The summed E-state index contributed by atoms with van der Waals surface area (Å²) >= 11 is 1.91. The number of aliphatic hydroxyl groups excluding tert-OH is 1. The van der Waals surface area contributed by atoms with E-state index in [0.29, 0.717) is 0 Å². The zero-order chi connectivity index (χ0) is 11.9. The van der Waals surface area contributed by atoms with Crippen LogP contribution >= 0.6 is 11.8 Å². The Labute approximate surface area is 102 Å². The molecular formula is C13H21NOS. The highest BCUT2D eigenvalue weighted by Crippen LogP contribution is 2.17. The lowest BCUT2D eigenvalue weighted by Crippen LogP contribution is -2.43. The Hall–Kier alpha value is -0.510. The molecule has 1 rings (SSSR count). The molecule has 3 heteroatoms. The van der Waals surface area contributed by atoms with Crippen LogP contribution in [-0.4, -0.2) is 30.1 Å². The van der Waals surface area contributed by atoms with Gasteiger partial charge in [0.1, 0.15) is 0 Å². The zero-order valence-electron chi connectivity index (χ0n) is 10.1. The minimum Gasteiger partial charge on any atom is -0.394 e. The second-order valence-corrected chi connectivity index (χ2v) is 5.36. The van der Waals surface area contributed by atoms with Gasteiger partial charge in [0.15, 0.2) is 0 Å². The van der Waals surface area contributed by atoms with E-state index in [4.69, 9.17) is 0 Å². The summed E-state index contributed by atoms with van der Waals surface area (Å²) in [6.07, 6.45) is 0.984. The first-order chi connectivity index (χ1) is 7.70. The SMILES string of the molecule is CNC(C)(CO)CCSCc1ccccc1. The lowest BCUT2D eigenvalue weighted by atomic mass is 10.0. The minimum absolute atomic E-state index is 0.135. The van der Waals surface area contributed by atoms with Crippen molar-refractivity contribution >= 4 is 11.8 Å². The molecule has 1 aromatic carbocycles. The highest BCUT2D eigenvalue weighted by molar-refractivity contribution is 7.98. The van der Waals surface area contributed by atoms with Crippen molar-refractivity contribution in [1.82, 2.24) is 5.32 Å². The van der Waals surface area contributed by atoms with Gasteiger partial charge in [-0.25, -0.2) is 0 Å². The molecule has 2 N–H and O–H groups in total. The summed E-state index contributed by atoms with van der Waals surface area (Å²) < 4.78 is 0. The van der Waals surface area contributed by atoms with E-state index in [1.54, 1.807) is 0 Å². The van der Waals surface area contributed by atoms with E-state index < -0.39 is 0 Å². The maximum Gasteiger partial charge on any atom is 0.0610 e. The number of rotatable bonds is 7. The molecule has 16 heavy (non-hydrogen) atoms. The van der Waals surface area contributed by atoms with Crippen molar-refractivity contribution in [3.63, 3.8) is 0 Å². The number of aliphatic hydroxyl groups is 1. The topological polar surface area (TPSA) is 32.3 Å². The molecule has 2 nitrogen and oxygen atoms in total. The number of benzene rings is 1.